The maximum Gasteiger partial charge on any atom is 0.321 e. The summed E-state index contributed by atoms with van der Waals surface area (Å²) in [5.74, 6) is -0.388. The van der Waals surface area contributed by atoms with Gasteiger partial charge < -0.3 is 20.4 Å². The van der Waals surface area contributed by atoms with E-state index in [1.807, 2.05) is 0 Å². The molecule has 5 nitrogen and oxygen atoms in total. The molecule has 0 aliphatic rings. The Labute approximate surface area is 118 Å². The molecule has 1 aromatic carbocycles. The van der Waals surface area contributed by atoms with Crippen molar-refractivity contribution in [2.45, 2.75) is 13.8 Å². The molecule has 0 unspecified atom stereocenters. The summed E-state index contributed by atoms with van der Waals surface area (Å²) in [4.78, 5) is 13.4. The molecule has 2 amide bonds. The van der Waals surface area contributed by atoms with E-state index >= 15 is 0 Å². The van der Waals surface area contributed by atoms with Crippen molar-refractivity contribution in [3.05, 3.63) is 29.6 Å². The number of aliphatic hydroxyl groups is 2. The van der Waals surface area contributed by atoms with Crippen molar-refractivity contribution in [2.24, 2.45) is 5.41 Å². The zero-order chi connectivity index (χ0) is 15.3. The fraction of sp³-hybridized carbons (Fsp3) is 0.500. The lowest BCUT2D eigenvalue weighted by atomic mass is 9.92. The molecular formula is C14H21FN2O3. The highest BCUT2D eigenvalue weighted by atomic mass is 19.1. The number of halogens is 1. The molecule has 0 aromatic heterocycles. The van der Waals surface area contributed by atoms with Crippen LogP contribution in [0, 0.1) is 18.2 Å². The molecule has 0 bridgehead atoms. The monoisotopic (exact) mass is 284 g/mol. The number of urea groups is 1. The molecule has 0 aliphatic carbocycles. The van der Waals surface area contributed by atoms with Crippen molar-refractivity contribution in [3.8, 4) is 0 Å². The van der Waals surface area contributed by atoms with Crippen LogP contribution >= 0.6 is 0 Å². The van der Waals surface area contributed by atoms with E-state index in [4.69, 9.17) is 0 Å². The van der Waals surface area contributed by atoms with Gasteiger partial charge in [0, 0.05) is 30.3 Å². The van der Waals surface area contributed by atoms with E-state index in [0.29, 0.717) is 11.3 Å². The van der Waals surface area contributed by atoms with Crippen LogP contribution in [0.25, 0.3) is 0 Å². The van der Waals surface area contributed by atoms with Gasteiger partial charge in [0.2, 0.25) is 0 Å². The van der Waals surface area contributed by atoms with Crippen molar-refractivity contribution < 1.29 is 19.4 Å². The van der Waals surface area contributed by atoms with E-state index in [2.05, 4.69) is 5.32 Å². The van der Waals surface area contributed by atoms with E-state index in [1.165, 1.54) is 17.0 Å². The number of anilines is 1. The number of aliphatic hydroxyl groups excluding tert-OH is 2. The van der Waals surface area contributed by atoms with Crippen molar-refractivity contribution >= 4 is 11.7 Å². The first-order valence-corrected chi connectivity index (χ1v) is 6.32. The van der Waals surface area contributed by atoms with Crippen LogP contribution in [0.3, 0.4) is 0 Å². The summed E-state index contributed by atoms with van der Waals surface area (Å²) in [6.45, 7) is 2.96. The standard InChI is InChI=1S/C14H21FN2O3/c1-10-11(15)5-4-6-12(10)16-13(20)17(3)7-14(2,8-18)9-19/h4-6,18-19H,7-9H2,1-3H3,(H,16,20). The van der Waals surface area contributed by atoms with Gasteiger partial charge in [0.05, 0.1) is 13.2 Å². The summed E-state index contributed by atoms with van der Waals surface area (Å²) in [7, 11) is 1.55. The minimum atomic E-state index is -0.775. The maximum atomic E-state index is 13.4. The number of benzene rings is 1. The van der Waals surface area contributed by atoms with Crippen LogP contribution in [-0.4, -0.2) is 48.0 Å². The fourth-order valence-electron chi connectivity index (χ4n) is 1.75. The number of nitrogens with zero attached hydrogens (tertiary/aromatic N) is 1. The maximum absolute atomic E-state index is 13.4. The van der Waals surface area contributed by atoms with Gasteiger partial charge in [0.15, 0.2) is 0 Å². The average molecular weight is 284 g/mol. The zero-order valence-corrected chi connectivity index (χ0v) is 12.0. The second-order valence-corrected chi connectivity index (χ2v) is 5.33. The minimum absolute atomic E-state index is 0.181. The van der Waals surface area contributed by atoms with Gasteiger partial charge in [-0.3, -0.25) is 0 Å². The predicted molar refractivity (Wildman–Crippen MR) is 75.1 cm³/mol. The molecule has 0 saturated carbocycles. The van der Waals surface area contributed by atoms with E-state index < -0.39 is 11.4 Å². The molecule has 0 radical (unpaired) electrons. The molecular weight excluding hydrogens is 263 g/mol. The van der Waals surface area contributed by atoms with Gasteiger partial charge in [-0.05, 0) is 19.1 Å². The van der Waals surface area contributed by atoms with E-state index in [0.717, 1.165) is 0 Å². The third-order valence-electron chi connectivity index (χ3n) is 3.24. The molecule has 6 heteroatoms. The molecule has 20 heavy (non-hydrogen) atoms. The van der Waals surface area contributed by atoms with Gasteiger partial charge in [0.25, 0.3) is 0 Å². The second kappa shape index (κ2) is 6.67. The molecule has 3 N–H and O–H groups in total. The van der Waals surface area contributed by atoms with Crippen LogP contribution in [0.15, 0.2) is 18.2 Å². The number of carbonyl (C=O) groups excluding carboxylic acids is 1. The summed E-state index contributed by atoms with van der Waals surface area (Å²) < 4.78 is 13.4. The third kappa shape index (κ3) is 3.91. The molecule has 112 valence electrons. The summed E-state index contributed by atoms with van der Waals surface area (Å²) in [5, 5.41) is 21.0. The highest BCUT2D eigenvalue weighted by Crippen LogP contribution is 2.19. The van der Waals surface area contributed by atoms with Crippen LogP contribution in [0.5, 0.6) is 0 Å². The van der Waals surface area contributed by atoms with Crippen LogP contribution in [0.2, 0.25) is 0 Å². The second-order valence-electron chi connectivity index (χ2n) is 5.33. The molecule has 0 fully saturated rings. The predicted octanol–water partition coefficient (Wildman–Crippen LogP) is 1.59. The van der Waals surface area contributed by atoms with Crippen LogP contribution in [0.1, 0.15) is 12.5 Å². The smallest absolute Gasteiger partial charge is 0.321 e. The number of hydrogen-bond donors (Lipinski definition) is 3. The summed E-state index contributed by atoms with van der Waals surface area (Å²) in [6.07, 6.45) is 0. The first-order chi connectivity index (χ1) is 9.33. The molecule has 0 spiro atoms. The van der Waals surface area contributed by atoms with Gasteiger partial charge in [-0.1, -0.05) is 13.0 Å². The average Bonchev–Trinajstić information content (AvgIpc) is 2.43. The summed E-state index contributed by atoms with van der Waals surface area (Å²) in [6, 6.07) is 4.03. The zero-order valence-electron chi connectivity index (χ0n) is 12.0. The lowest BCUT2D eigenvalue weighted by Gasteiger charge is -2.30. The molecule has 1 aromatic rings. The summed E-state index contributed by atoms with van der Waals surface area (Å²) >= 11 is 0. The van der Waals surface area contributed by atoms with Gasteiger partial charge in [0.1, 0.15) is 5.82 Å². The lowest BCUT2D eigenvalue weighted by Crippen LogP contribution is -2.43. The van der Waals surface area contributed by atoms with Gasteiger partial charge in [-0.2, -0.15) is 0 Å². The Bertz CT molecular complexity index is 475. The van der Waals surface area contributed by atoms with Gasteiger partial charge in [-0.15, -0.1) is 0 Å². The fourth-order valence-corrected chi connectivity index (χ4v) is 1.75. The molecule has 0 heterocycles. The van der Waals surface area contributed by atoms with E-state index in [9.17, 15) is 19.4 Å². The van der Waals surface area contributed by atoms with Crippen LogP contribution in [0.4, 0.5) is 14.9 Å². The third-order valence-corrected chi connectivity index (χ3v) is 3.24. The largest absolute Gasteiger partial charge is 0.396 e. The van der Waals surface area contributed by atoms with Crippen molar-refractivity contribution in [2.75, 3.05) is 32.1 Å². The number of carbonyl (C=O) groups is 1. The Hall–Kier alpha value is -1.66. The Morgan fingerprint density at radius 3 is 2.55 bits per heavy atom. The van der Waals surface area contributed by atoms with Crippen LogP contribution in [-0.2, 0) is 0 Å². The Kier molecular flexibility index (Phi) is 5.47. The number of nitrogens with one attached hydrogen (secondary N) is 1. The molecule has 0 atom stereocenters. The first-order valence-electron chi connectivity index (χ1n) is 6.32. The molecule has 1 rings (SSSR count). The summed E-state index contributed by atoms with van der Waals surface area (Å²) in [5.41, 5.74) is -0.0128. The minimum Gasteiger partial charge on any atom is -0.396 e. The van der Waals surface area contributed by atoms with Crippen molar-refractivity contribution in [1.82, 2.24) is 4.90 Å². The van der Waals surface area contributed by atoms with Gasteiger partial charge in [-0.25, -0.2) is 9.18 Å². The Morgan fingerprint density at radius 1 is 1.40 bits per heavy atom. The topological polar surface area (TPSA) is 72.8 Å². The number of amides is 2. The van der Waals surface area contributed by atoms with E-state index in [-0.39, 0.29) is 25.6 Å². The highest BCUT2D eigenvalue weighted by molar-refractivity contribution is 5.90. The van der Waals surface area contributed by atoms with Crippen molar-refractivity contribution in [3.63, 3.8) is 0 Å². The van der Waals surface area contributed by atoms with Crippen LogP contribution < -0.4 is 5.32 Å². The quantitative estimate of drug-likeness (QED) is 0.769. The van der Waals surface area contributed by atoms with Gasteiger partial charge >= 0.3 is 6.03 Å². The molecule has 0 aliphatic heterocycles. The lowest BCUT2D eigenvalue weighted by molar-refractivity contribution is 0.0509. The molecule has 0 saturated heterocycles. The highest BCUT2D eigenvalue weighted by Gasteiger charge is 2.26. The first kappa shape index (κ1) is 16.4. The number of hydrogen-bond acceptors (Lipinski definition) is 3. The normalized spacial score (nSPS) is 11.3. The Morgan fingerprint density at radius 2 is 2.00 bits per heavy atom. The SMILES string of the molecule is Cc1c(F)cccc1NC(=O)N(C)CC(C)(CO)CO. The Balaban J connectivity index is 2.73. The van der Waals surface area contributed by atoms with Crippen molar-refractivity contribution in [1.29, 1.82) is 0 Å². The number of rotatable bonds is 5. The van der Waals surface area contributed by atoms with E-state index in [1.54, 1.807) is 27.0 Å².